The lowest BCUT2D eigenvalue weighted by Crippen LogP contribution is -2.28. The summed E-state index contributed by atoms with van der Waals surface area (Å²) in [4.78, 5) is 3.95. The Morgan fingerprint density at radius 3 is 2.62 bits per heavy atom. The SMILES string of the molecule is Cc1ccc(C(Cc2ccc(Br)s2)NN)s1. The molecule has 16 heavy (non-hydrogen) atoms. The first kappa shape index (κ1) is 12.3. The molecule has 0 fully saturated rings. The summed E-state index contributed by atoms with van der Waals surface area (Å²) in [5.74, 6) is 5.62. The third kappa shape index (κ3) is 2.93. The molecule has 0 saturated heterocycles. The molecule has 0 saturated carbocycles. The summed E-state index contributed by atoms with van der Waals surface area (Å²) in [6.07, 6.45) is 0.937. The zero-order valence-electron chi connectivity index (χ0n) is 8.87. The quantitative estimate of drug-likeness (QED) is 0.667. The maximum Gasteiger partial charge on any atom is 0.0701 e. The lowest BCUT2D eigenvalue weighted by atomic mass is 10.1. The molecule has 0 radical (unpaired) electrons. The first-order valence-corrected chi connectivity index (χ1v) is 7.38. The van der Waals surface area contributed by atoms with Crippen molar-refractivity contribution in [2.24, 2.45) is 5.84 Å². The Bertz CT molecular complexity index is 464. The van der Waals surface area contributed by atoms with Crippen molar-refractivity contribution in [2.75, 3.05) is 0 Å². The second-order valence-corrected chi connectivity index (χ2v) is 7.44. The van der Waals surface area contributed by atoms with Gasteiger partial charge in [-0.2, -0.15) is 0 Å². The van der Waals surface area contributed by atoms with Gasteiger partial charge in [-0.15, -0.1) is 22.7 Å². The summed E-state index contributed by atoms with van der Waals surface area (Å²) in [5, 5.41) is 0. The van der Waals surface area contributed by atoms with Gasteiger partial charge in [-0.25, -0.2) is 0 Å². The Morgan fingerprint density at radius 1 is 1.31 bits per heavy atom. The fourth-order valence-corrected chi connectivity index (χ4v) is 4.01. The average molecular weight is 317 g/mol. The molecule has 0 aliphatic rings. The Labute approximate surface area is 112 Å². The first-order valence-electron chi connectivity index (χ1n) is 4.95. The van der Waals surface area contributed by atoms with Crippen LogP contribution in [0.3, 0.4) is 0 Å². The van der Waals surface area contributed by atoms with Gasteiger partial charge in [0.2, 0.25) is 0 Å². The molecule has 2 aromatic rings. The largest absolute Gasteiger partial charge is 0.271 e. The number of hydrogen-bond donors (Lipinski definition) is 2. The third-order valence-electron chi connectivity index (χ3n) is 2.34. The van der Waals surface area contributed by atoms with Crippen LogP contribution in [0.15, 0.2) is 28.1 Å². The van der Waals surface area contributed by atoms with Gasteiger partial charge < -0.3 is 0 Å². The van der Waals surface area contributed by atoms with Crippen molar-refractivity contribution < 1.29 is 0 Å². The van der Waals surface area contributed by atoms with E-state index in [0.717, 1.165) is 6.42 Å². The molecular formula is C11H13BrN2S2. The maximum absolute atomic E-state index is 5.62. The summed E-state index contributed by atoms with van der Waals surface area (Å²) in [6, 6.07) is 8.71. The van der Waals surface area contributed by atoms with E-state index in [1.807, 2.05) is 0 Å². The summed E-state index contributed by atoms with van der Waals surface area (Å²) in [7, 11) is 0. The van der Waals surface area contributed by atoms with Crippen LogP contribution in [0.4, 0.5) is 0 Å². The van der Waals surface area contributed by atoms with E-state index in [2.05, 4.69) is 52.5 Å². The third-order valence-corrected chi connectivity index (χ3v) is 5.10. The molecule has 0 spiro atoms. The molecular weight excluding hydrogens is 304 g/mol. The van der Waals surface area contributed by atoms with Crippen molar-refractivity contribution in [2.45, 2.75) is 19.4 Å². The van der Waals surface area contributed by atoms with Crippen LogP contribution < -0.4 is 11.3 Å². The van der Waals surface area contributed by atoms with Crippen LogP contribution in [0.2, 0.25) is 0 Å². The minimum atomic E-state index is 0.212. The van der Waals surface area contributed by atoms with Gasteiger partial charge in [0.1, 0.15) is 0 Å². The van der Waals surface area contributed by atoms with Gasteiger partial charge in [-0.05, 0) is 47.1 Å². The van der Waals surface area contributed by atoms with Crippen molar-refractivity contribution in [1.29, 1.82) is 0 Å². The monoisotopic (exact) mass is 316 g/mol. The van der Waals surface area contributed by atoms with Crippen molar-refractivity contribution >= 4 is 38.6 Å². The molecule has 2 heterocycles. The van der Waals surface area contributed by atoms with Crippen molar-refractivity contribution in [3.05, 3.63) is 42.7 Å². The van der Waals surface area contributed by atoms with E-state index in [-0.39, 0.29) is 6.04 Å². The van der Waals surface area contributed by atoms with Crippen molar-refractivity contribution in [3.63, 3.8) is 0 Å². The lowest BCUT2D eigenvalue weighted by Gasteiger charge is -2.12. The number of nitrogens with one attached hydrogen (secondary N) is 1. The average Bonchev–Trinajstić information content (AvgIpc) is 2.84. The Kier molecular flexibility index (Phi) is 4.16. The van der Waals surface area contributed by atoms with Gasteiger partial charge in [-0.1, -0.05) is 0 Å². The number of rotatable bonds is 4. The van der Waals surface area contributed by atoms with Crippen LogP contribution in [-0.2, 0) is 6.42 Å². The van der Waals surface area contributed by atoms with E-state index in [1.54, 1.807) is 22.7 Å². The number of hydrogen-bond acceptors (Lipinski definition) is 4. The smallest absolute Gasteiger partial charge is 0.0701 e. The van der Waals surface area contributed by atoms with Crippen LogP contribution in [0.5, 0.6) is 0 Å². The maximum atomic E-state index is 5.62. The van der Waals surface area contributed by atoms with E-state index >= 15 is 0 Å². The van der Waals surface area contributed by atoms with Crippen molar-refractivity contribution in [3.8, 4) is 0 Å². The van der Waals surface area contributed by atoms with Crippen molar-refractivity contribution in [1.82, 2.24) is 5.43 Å². The molecule has 86 valence electrons. The molecule has 1 unspecified atom stereocenters. The number of hydrazine groups is 1. The normalized spacial score (nSPS) is 12.9. The van der Waals surface area contributed by atoms with Gasteiger partial charge in [0.25, 0.3) is 0 Å². The van der Waals surface area contributed by atoms with Crippen LogP contribution >= 0.6 is 38.6 Å². The lowest BCUT2D eigenvalue weighted by molar-refractivity contribution is 0.564. The highest BCUT2D eigenvalue weighted by molar-refractivity contribution is 9.11. The first-order chi connectivity index (χ1) is 7.69. The number of halogens is 1. The summed E-state index contributed by atoms with van der Waals surface area (Å²) < 4.78 is 1.17. The van der Waals surface area contributed by atoms with E-state index in [0.29, 0.717) is 0 Å². The van der Waals surface area contributed by atoms with Crippen LogP contribution in [-0.4, -0.2) is 0 Å². The molecule has 0 bridgehead atoms. The van der Waals surface area contributed by atoms with E-state index in [4.69, 9.17) is 5.84 Å². The van der Waals surface area contributed by atoms with E-state index in [9.17, 15) is 0 Å². The predicted molar refractivity (Wildman–Crippen MR) is 74.8 cm³/mol. The van der Waals surface area contributed by atoms with Crippen LogP contribution in [0, 0.1) is 6.92 Å². The second kappa shape index (κ2) is 5.42. The molecule has 5 heteroatoms. The highest BCUT2D eigenvalue weighted by Crippen LogP contribution is 2.29. The highest BCUT2D eigenvalue weighted by atomic mass is 79.9. The number of nitrogens with two attached hydrogens (primary N) is 1. The molecule has 0 aliphatic carbocycles. The zero-order valence-corrected chi connectivity index (χ0v) is 12.1. The fraction of sp³-hybridized carbons (Fsp3) is 0.273. The van der Waals surface area contributed by atoms with Gasteiger partial charge in [0, 0.05) is 21.1 Å². The minimum absolute atomic E-state index is 0.212. The summed E-state index contributed by atoms with van der Waals surface area (Å²) in [6.45, 7) is 2.11. The Hall–Kier alpha value is -0.200. The topological polar surface area (TPSA) is 38.0 Å². The molecule has 1 atom stereocenters. The number of aryl methyl sites for hydroxylation is 1. The standard InChI is InChI=1S/C11H13BrN2S2/c1-7-2-4-10(15-7)9(14-13)6-8-3-5-11(12)16-8/h2-5,9,14H,6,13H2,1H3. The second-order valence-electron chi connectivity index (χ2n) is 3.58. The minimum Gasteiger partial charge on any atom is -0.271 e. The van der Waals surface area contributed by atoms with Gasteiger partial charge >= 0.3 is 0 Å². The van der Waals surface area contributed by atoms with Gasteiger partial charge in [-0.3, -0.25) is 11.3 Å². The molecule has 0 aliphatic heterocycles. The Balaban J connectivity index is 2.12. The predicted octanol–water partition coefficient (Wildman–Crippen LogP) is 3.63. The Morgan fingerprint density at radius 2 is 2.12 bits per heavy atom. The van der Waals surface area contributed by atoms with Gasteiger partial charge in [0.15, 0.2) is 0 Å². The van der Waals surface area contributed by atoms with E-state index in [1.165, 1.54) is 18.4 Å². The molecule has 0 aromatic carbocycles. The van der Waals surface area contributed by atoms with Gasteiger partial charge in [0.05, 0.1) is 9.83 Å². The molecule has 2 aromatic heterocycles. The number of thiophene rings is 2. The molecule has 3 N–H and O–H groups in total. The zero-order chi connectivity index (χ0) is 11.5. The summed E-state index contributed by atoms with van der Waals surface area (Å²) >= 11 is 7.03. The molecule has 2 nitrogen and oxygen atoms in total. The fourth-order valence-electron chi connectivity index (χ4n) is 1.54. The van der Waals surface area contributed by atoms with E-state index < -0.39 is 0 Å². The van der Waals surface area contributed by atoms with Crippen LogP contribution in [0.25, 0.3) is 0 Å². The molecule has 2 rings (SSSR count). The molecule has 0 amide bonds. The summed E-state index contributed by atoms with van der Waals surface area (Å²) in [5.41, 5.74) is 2.89. The van der Waals surface area contributed by atoms with Crippen LogP contribution in [0.1, 0.15) is 20.7 Å². The highest BCUT2D eigenvalue weighted by Gasteiger charge is 2.13.